The van der Waals surface area contributed by atoms with Crippen molar-refractivity contribution in [3.8, 4) is 11.4 Å². The molecule has 1 amide bonds. The molecule has 9 nitrogen and oxygen atoms in total. The molecule has 11 heteroatoms. The second kappa shape index (κ2) is 7.09. The van der Waals surface area contributed by atoms with Gasteiger partial charge >= 0.3 is 0 Å². The first-order valence-electron chi connectivity index (χ1n) is 8.12. The van der Waals surface area contributed by atoms with Gasteiger partial charge in [0.1, 0.15) is 6.54 Å². The maximum Gasteiger partial charge on any atom is 0.249 e. The normalized spacial score (nSPS) is 11.6. The summed E-state index contributed by atoms with van der Waals surface area (Å²) >= 11 is 1.20. The van der Waals surface area contributed by atoms with Crippen molar-refractivity contribution in [3.63, 3.8) is 0 Å². The van der Waals surface area contributed by atoms with Crippen LogP contribution in [0.2, 0.25) is 0 Å². The number of hydrogen-bond donors (Lipinski definition) is 1. The summed E-state index contributed by atoms with van der Waals surface area (Å²) in [5.74, 6) is 0.0705. The van der Waals surface area contributed by atoms with Crippen LogP contribution >= 0.6 is 11.3 Å². The third-order valence-electron chi connectivity index (χ3n) is 3.80. The SMILES string of the molecule is CS(=O)(=O)c1ccc2nc(NC(=O)Cn3nnc(-c4ccccc4)n3)sc2c1. The highest BCUT2D eigenvalue weighted by Gasteiger charge is 2.14. The number of fused-ring (bicyclic) bond motifs is 1. The van der Waals surface area contributed by atoms with Crippen molar-refractivity contribution in [2.75, 3.05) is 11.6 Å². The number of rotatable bonds is 5. The van der Waals surface area contributed by atoms with Crippen LogP contribution < -0.4 is 5.32 Å². The molecule has 0 unspecified atom stereocenters. The average Bonchev–Trinajstić information content (AvgIpc) is 3.27. The van der Waals surface area contributed by atoms with E-state index in [1.165, 1.54) is 22.2 Å². The highest BCUT2D eigenvalue weighted by Crippen LogP contribution is 2.28. The first-order chi connectivity index (χ1) is 13.4. The Morgan fingerprint density at radius 2 is 1.96 bits per heavy atom. The molecule has 0 spiro atoms. The van der Waals surface area contributed by atoms with E-state index >= 15 is 0 Å². The molecule has 0 bridgehead atoms. The van der Waals surface area contributed by atoms with E-state index in [-0.39, 0.29) is 17.3 Å². The fourth-order valence-corrected chi connectivity index (χ4v) is 4.13. The predicted octanol–water partition coefficient (Wildman–Crippen LogP) is 1.99. The number of hydrogen-bond acceptors (Lipinski definition) is 8. The maximum atomic E-state index is 12.3. The van der Waals surface area contributed by atoms with Crippen molar-refractivity contribution in [2.24, 2.45) is 0 Å². The molecule has 0 fully saturated rings. The molecule has 0 atom stereocenters. The Hall–Kier alpha value is -3.18. The number of aromatic nitrogens is 5. The Morgan fingerprint density at radius 1 is 1.18 bits per heavy atom. The Morgan fingerprint density at radius 3 is 2.71 bits per heavy atom. The number of benzene rings is 2. The molecule has 0 radical (unpaired) electrons. The van der Waals surface area contributed by atoms with Crippen molar-refractivity contribution >= 4 is 42.4 Å². The van der Waals surface area contributed by atoms with E-state index in [4.69, 9.17) is 0 Å². The number of nitrogens with one attached hydrogen (secondary N) is 1. The number of anilines is 1. The third-order valence-corrected chi connectivity index (χ3v) is 5.85. The Kier molecular flexibility index (Phi) is 4.61. The van der Waals surface area contributed by atoms with Gasteiger partial charge in [-0.1, -0.05) is 41.7 Å². The maximum absolute atomic E-state index is 12.3. The lowest BCUT2D eigenvalue weighted by Crippen LogP contribution is -2.20. The van der Waals surface area contributed by atoms with Crippen LogP contribution in [0.1, 0.15) is 0 Å². The number of carbonyl (C=O) groups excluding carboxylic acids is 1. The van der Waals surface area contributed by atoms with E-state index in [1.54, 1.807) is 12.1 Å². The van der Waals surface area contributed by atoms with Crippen molar-refractivity contribution in [3.05, 3.63) is 48.5 Å². The lowest BCUT2D eigenvalue weighted by atomic mass is 10.2. The smallest absolute Gasteiger partial charge is 0.249 e. The fraction of sp³-hybridized carbons (Fsp3) is 0.118. The van der Waals surface area contributed by atoms with Crippen LogP contribution in [0.15, 0.2) is 53.4 Å². The van der Waals surface area contributed by atoms with Crippen LogP contribution in [0, 0.1) is 0 Å². The van der Waals surface area contributed by atoms with Crippen LogP contribution in [-0.4, -0.2) is 45.8 Å². The summed E-state index contributed by atoms with van der Waals surface area (Å²) in [5, 5.41) is 15.1. The number of carbonyl (C=O) groups is 1. The topological polar surface area (TPSA) is 120 Å². The van der Waals surface area contributed by atoms with Gasteiger partial charge in [-0.2, -0.15) is 4.80 Å². The van der Waals surface area contributed by atoms with E-state index in [9.17, 15) is 13.2 Å². The van der Waals surface area contributed by atoms with Gasteiger partial charge in [0.25, 0.3) is 0 Å². The van der Waals surface area contributed by atoms with E-state index in [0.717, 1.165) is 11.8 Å². The van der Waals surface area contributed by atoms with Crippen LogP contribution in [0.5, 0.6) is 0 Å². The van der Waals surface area contributed by atoms with E-state index < -0.39 is 9.84 Å². The van der Waals surface area contributed by atoms with Crippen LogP contribution in [0.25, 0.3) is 21.6 Å². The quantitative estimate of drug-likeness (QED) is 0.530. The zero-order valence-electron chi connectivity index (χ0n) is 14.6. The van der Waals surface area contributed by atoms with Gasteiger partial charge in [0.15, 0.2) is 15.0 Å². The summed E-state index contributed by atoms with van der Waals surface area (Å²) in [6.45, 7) is -0.121. The van der Waals surface area contributed by atoms with Gasteiger partial charge in [-0.15, -0.1) is 10.2 Å². The zero-order chi connectivity index (χ0) is 19.7. The molecule has 142 valence electrons. The molecule has 4 rings (SSSR count). The van der Waals surface area contributed by atoms with Crippen molar-refractivity contribution < 1.29 is 13.2 Å². The Balaban J connectivity index is 1.47. The molecule has 2 heterocycles. The van der Waals surface area contributed by atoms with Gasteiger partial charge in [-0.3, -0.25) is 4.79 Å². The van der Waals surface area contributed by atoms with Gasteiger partial charge in [0, 0.05) is 11.8 Å². The molecular weight excluding hydrogens is 400 g/mol. The lowest BCUT2D eigenvalue weighted by Gasteiger charge is -1.99. The summed E-state index contributed by atoms with van der Waals surface area (Å²) in [6.07, 6.45) is 1.15. The number of tetrazole rings is 1. The molecule has 0 aliphatic rings. The molecule has 0 aliphatic carbocycles. The van der Waals surface area contributed by atoms with Crippen molar-refractivity contribution in [2.45, 2.75) is 11.4 Å². The van der Waals surface area contributed by atoms with Crippen LogP contribution in [0.4, 0.5) is 5.13 Å². The standard InChI is InChI=1S/C17H14N6O3S2/c1-28(25,26)12-7-8-13-14(9-12)27-17(18-13)19-15(24)10-23-21-16(20-22-23)11-5-3-2-4-6-11/h2-9H,10H2,1H3,(H,18,19,24). The first-order valence-corrected chi connectivity index (χ1v) is 10.8. The van der Waals surface area contributed by atoms with Gasteiger partial charge in [0.2, 0.25) is 11.7 Å². The molecule has 0 saturated carbocycles. The summed E-state index contributed by atoms with van der Waals surface area (Å²) in [5.41, 5.74) is 1.42. The number of thiazole rings is 1. The second-order valence-electron chi connectivity index (χ2n) is 5.98. The number of amides is 1. The van der Waals surface area contributed by atoms with E-state index in [2.05, 4.69) is 25.7 Å². The third kappa shape index (κ3) is 3.89. The largest absolute Gasteiger partial charge is 0.300 e. The minimum Gasteiger partial charge on any atom is -0.300 e. The average molecular weight is 414 g/mol. The molecule has 0 saturated heterocycles. The lowest BCUT2D eigenvalue weighted by molar-refractivity contribution is -0.117. The van der Waals surface area contributed by atoms with E-state index in [1.807, 2.05) is 30.3 Å². The summed E-state index contributed by atoms with van der Waals surface area (Å²) in [6, 6.07) is 14.0. The predicted molar refractivity (Wildman–Crippen MR) is 105 cm³/mol. The first kappa shape index (κ1) is 18.2. The van der Waals surface area contributed by atoms with Gasteiger partial charge in [-0.05, 0) is 23.4 Å². The number of nitrogens with zero attached hydrogens (tertiary/aromatic N) is 5. The molecule has 2 aromatic heterocycles. The summed E-state index contributed by atoms with van der Waals surface area (Å²) < 4.78 is 24.0. The summed E-state index contributed by atoms with van der Waals surface area (Å²) in [7, 11) is -3.30. The number of sulfone groups is 1. The highest BCUT2D eigenvalue weighted by atomic mass is 32.2. The minimum atomic E-state index is -3.30. The van der Waals surface area contributed by atoms with Crippen LogP contribution in [0.3, 0.4) is 0 Å². The zero-order valence-corrected chi connectivity index (χ0v) is 16.2. The Labute approximate surface area is 164 Å². The Bertz CT molecular complexity index is 1260. The molecule has 28 heavy (non-hydrogen) atoms. The van der Waals surface area contributed by atoms with Gasteiger partial charge in [0.05, 0.1) is 15.1 Å². The van der Waals surface area contributed by atoms with Crippen LogP contribution in [-0.2, 0) is 21.2 Å². The monoisotopic (exact) mass is 414 g/mol. The molecule has 2 aromatic carbocycles. The van der Waals surface area contributed by atoms with E-state index in [0.29, 0.717) is 21.2 Å². The fourth-order valence-electron chi connectivity index (χ4n) is 2.49. The van der Waals surface area contributed by atoms with Crippen molar-refractivity contribution in [1.29, 1.82) is 0 Å². The molecular formula is C17H14N6O3S2. The summed E-state index contributed by atoms with van der Waals surface area (Å²) in [4.78, 5) is 18.0. The molecule has 4 aromatic rings. The van der Waals surface area contributed by atoms with Crippen molar-refractivity contribution in [1.82, 2.24) is 25.2 Å². The van der Waals surface area contributed by atoms with Gasteiger partial charge < -0.3 is 5.32 Å². The highest BCUT2D eigenvalue weighted by molar-refractivity contribution is 7.90. The second-order valence-corrected chi connectivity index (χ2v) is 9.02. The molecule has 1 N–H and O–H groups in total. The molecule has 0 aliphatic heterocycles. The minimum absolute atomic E-state index is 0.121. The van der Waals surface area contributed by atoms with Gasteiger partial charge in [-0.25, -0.2) is 13.4 Å².